The summed E-state index contributed by atoms with van der Waals surface area (Å²) in [7, 11) is 0. The number of rotatable bonds is 7. The third kappa shape index (κ3) is 5.26. The lowest BCUT2D eigenvalue weighted by molar-refractivity contribution is 0.0674. The molecule has 0 aliphatic carbocycles. The van der Waals surface area contributed by atoms with E-state index >= 15 is 0 Å². The monoisotopic (exact) mass is 381 g/mol. The second kappa shape index (κ2) is 9.43. The number of nitrogens with zero attached hydrogens (tertiary/aromatic N) is 5. The number of anilines is 1. The molecule has 4 heterocycles. The highest BCUT2D eigenvalue weighted by Crippen LogP contribution is 2.20. The molecular formula is C22H31N5O. The molecule has 1 unspecified atom stereocenters. The first-order chi connectivity index (χ1) is 13.8. The maximum atomic E-state index is 5.87. The Balaban J connectivity index is 1.40. The van der Waals surface area contributed by atoms with Gasteiger partial charge in [-0.25, -0.2) is 9.97 Å². The molecule has 0 aromatic carbocycles. The van der Waals surface area contributed by atoms with Gasteiger partial charge in [0, 0.05) is 63.5 Å². The fraction of sp³-hybridized carbons (Fsp3) is 0.591. The first kappa shape index (κ1) is 19.3. The van der Waals surface area contributed by atoms with Gasteiger partial charge in [0.1, 0.15) is 0 Å². The molecule has 2 aliphatic rings. The summed E-state index contributed by atoms with van der Waals surface area (Å²) in [5.74, 6) is 1.68. The molecule has 4 rings (SSSR count). The van der Waals surface area contributed by atoms with Gasteiger partial charge in [-0.1, -0.05) is 13.0 Å². The summed E-state index contributed by atoms with van der Waals surface area (Å²) in [6.45, 7) is 7.87. The lowest BCUT2D eigenvalue weighted by Gasteiger charge is -2.30. The highest BCUT2D eigenvalue weighted by atomic mass is 16.5. The Labute approximate surface area is 168 Å². The zero-order valence-electron chi connectivity index (χ0n) is 16.8. The van der Waals surface area contributed by atoms with E-state index in [4.69, 9.17) is 4.74 Å². The summed E-state index contributed by atoms with van der Waals surface area (Å²) in [4.78, 5) is 18.5. The predicted molar refractivity (Wildman–Crippen MR) is 110 cm³/mol. The van der Waals surface area contributed by atoms with Crippen LogP contribution in [0, 0.1) is 5.92 Å². The third-order valence-electron chi connectivity index (χ3n) is 5.76. The third-order valence-corrected chi connectivity index (χ3v) is 5.76. The number of ether oxygens (including phenoxy) is 1. The molecule has 150 valence electrons. The molecular weight excluding hydrogens is 350 g/mol. The van der Waals surface area contributed by atoms with E-state index in [1.54, 1.807) is 0 Å². The highest BCUT2D eigenvalue weighted by Gasteiger charge is 2.21. The van der Waals surface area contributed by atoms with Crippen molar-refractivity contribution in [3.05, 3.63) is 48.0 Å². The molecule has 2 aromatic rings. The van der Waals surface area contributed by atoms with Gasteiger partial charge in [-0.15, -0.1) is 0 Å². The molecule has 6 heteroatoms. The van der Waals surface area contributed by atoms with Crippen molar-refractivity contribution in [2.24, 2.45) is 5.92 Å². The van der Waals surface area contributed by atoms with E-state index in [0.29, 0.717) is 6.10 Å². The van der Waals surface area contributed by atoms with Crippen molar-refractivity contribution < 1.29 is 4.74 Å². The van der Waals surface area contributed by atoms with Gasteiger partial charge in [-0.2, -0.15) is 0 Å². The average molecular weight is 382 g/mol. The van der Waals surface area contributed by atoms with Crippen LogP contribution in [0.1, 0.15) is 43.9 Å². The van der Waals surface area contributed by atoms with E-state index in [0.717, 1.165) is 75.3 Å². The molecule has 1 atom stereocenters. The fourth-order valence-electron chi connectivity index (χ4n) is 4.04. The zero-order valence-corrected chi connectivity index (χ0v) is 16.8. The van der Waals surface area contributed by atoms with Crippen LogP contribution in [-0.2, 0) is 17.8 Å². The summed E-state index contributed by atoms with van der Waals surface area (Å²) < 4.78 is 5.87. The van der Waals surface area contributed by atoms with Gasteiger partial charge < -0.3 is 9.64 Å². The Morgan fingerprint density at radius 1 is 1.07 bits per heavy atom. The molecule has 2 aliphatic heterocycles. The summed E-state index contributed by atoms with van der Waals surface area (Å²) >= 11 is 0. The molecule has 0 N–H and O–H groups in total. The van der Waals surface area contributed by atoms with Crippen LogP contribution in [0.25, 0.3) is 0 Å². The summed E-state index contributed by atoms with van der Waals surface area (Å²) in [6.07, 6.45) is 10.9. The Bertz CT molecular complexity index is 709. The van der Waals surface area contributed by atoms with Crippen molar-refractivity contribution in [2.75, 3.05) is 31.1 Å². The second-order valence-corrected chi connectivity index (χ2v) is 8.19. The molecule has 6 nitrogen and oxygen atoms in total. The molecule has 0 radical (unpaired) electrons. The van der Waals surface area contributed by atoms with Crippen molar-refractivity contribution in [1.82, 2.24) is 19.9 Å². The number of hydrogen-bond acceptors (Lipinski definition) is 6. The predicted octanol–water partition coefficient (Wildman–Crippen LogP) is 3.29. The van der Waals surface area contributed by atoms with Gasteiger partial charge in [0.15, 0.2) is 0 Å². The zero-order chi connectivity index (χ0) is 19.2. The number of pyridine rings is 1. The van der Waals surface area contributed by atoms with Gasteiger partial charge in [-0.3, -0.25) is 9.88 Å². The molecule has 2 saturated heterocycles. The number of aromatic nitrogens is 3. The molecule has 0 amide bonds. The largest absolute Gasteiger partial charge is 0.377 e. The molecule has 2 aromatic heterocycles. The quantitative estimate of drug-likeness (QED) is 0.734. The first-order valence-electron chi connectivity index (χ1n) is 10.6. The van der Waals surface area contributed by atoms with Crippen LogP contribution >= 0.6 is 0 Å². The topological polar surface area (TPSA) is 54.4 Å². The Morgan fingerprint density at radius 3 is 2.57 bits per heavy atom. The van der Waals surface area contributed by atoms with E-state index in [1.165, 1.54) is 12.8 Å². The standard InChI is InChI=1S/C22H31N5O/c1-18-7-10-27(11-8-18)22-24-13-19(14-25-22)15-26(17-21-6-4-12-28-21)16-20-5-2-3-9-23-20/h2-3,5,9,13-14,18,21H,4,6-8,10-12,15-17H2,1H3. The summed E-state index contributed by atoms with van der Waals surface area (Å²) in [6, 6.07) is 6.09. The van der Waals surface area contributed by atoms with E-state index < -0.39 is 0 Å². The molecule has 0 bridgehead atoms. The van der Waals surface area contributed by atoms with Crippen LogP contribution in [-0.4, -0.2) is 52.2 Å². The maximum Gasteiger partial charge on any atom is 0.225 e. The van der Waals surface area contributed by atoms with E-state index in [9.17, 15) is 0 Å². The van der Waals surface area contributed by atoms with Gasteiger partial charge in [0.2, 0.25) is 5.95 Å². The molecule has 0 spiro atoms. The van der Waals surface area contributed by atoms with Gasteiger partial charge >= 0.3 is 0 Å². The van der Waals surface area contributed by atoms with Crippen LogP contribution < -0.4 is 4.90 Å². The lowest BCUT2D eigenvalue weighted by atomic mass is 10.00. The van der Waals surface area contributed by atoms with E-state index in [2.05, 4.69) is 37.7 Å². The van der Waals surface area contributed by atoms with E-state index in [1.807, 2.05) is 30.7 Å². The lowest BCUT2D eigenvalue weighted by Crippen LogP contribution is -2.34. The van der Waals surface area contributed by atoms with Crippen LogP contribution in [0.15, 0.2) is 36.8 Å². The van der Waals surface area contributed by atoms with Crippen molar-refractivity contribution in [1.29, 1.82) is 0 Å². The Kier molecular flexibility index (Phi) is 6.49. The van der Waals surface area contributed by atoms with Crippen molar-refractivity contribution in [3.8, 4) is 0 Å². The molecule has 0 saturated carbocycles. The van der Waals surface area contributed by atoms with Crippen molar-refractivity contribution >= 4 is 5.95 Å². The Hall–Kier alpha value is -2.05. The minimum absolute atomic E-state index is 0.319. The average Bonchev–Trinajstić information content (AvgIpc) is 3.23. The van der Waals surface area contributed by atoms with Crippen molar-refractivity contribution in [2.45, 2.75) is 51.8 Å². The minimum atomic E-state index is 0.319. The highest BCUT2D eigenvalue weighted by molar-refractivity contribution is 5.30. The van der Waals surface area contributed by atoms with Crippen LogP contribution in [0.3, 0.4) is 0 Å². The number of hydrogen-bond donors (Lipinski definition) is 0. The van der Waals surface area contributed by atoms with Gasteiger partial charge in [0.25, 0.3) is 0 Å². The maximum absolute atomic E-state index is 5.87. The summed E-state index contributed by atoms with van der Waals surface area (Å²) in [5.41, 5.74) is 2.23. The molecule has 28 heavy (non-hydrogen) atoms. The van der Waals surface area contributed by atoms with Crippen LogP contribution in [0.4, 0.5) is 5.95 Å². The van der Waals surface area contributed by atoms with Crippen molar-refractivity contribution in [3.63, 3.8) is 0 Å². The minimum Gasteiger partial charge on any atom is -0.377 e. The van der Waals surface area contributed by atoms with E-state index in [-0.39, 0.29) is 0 Å². The SMILES string of the molecule is CC1CCN(c2ncc(CN(Cc3ccccn3)CC3CCCO3)cn2)CC1. The van der Waals surface area contributed by atoms with Crippen LogP contribution in [0.2, 0.25) is 0 Å². The smallest absolute Gasteiger partial charge is 0.225 e. The molecule has 2 fully saturated rings. The Morgan fingerprint density at radius 2 is 1.89 bits per heavy atom. The summed E-state index contributed by atoms with van der Waals surface area (Å²) in [5, 5.41) is 0. The fourth-order valence-corrected chi connectivity index (χ4v) is 4.04. The van der Waals surface area contributed by atoms with Crippen LogP contribution in [0.5, 0.6) is 0 Å². The van der Waals surface area contributed by atoms with Gasteiger partial charge in [-0.05, 0) is 43.7 Å². The second-order valence-electron chi connectivity index (χ2n) is 8.19. The number of piperidine rings is 1. The van der Waals surface area contributed by atoms with Gasteiger partial charge in [0.05, 0.1) is 11.8 Å². The normalized spacial score (nSPS) is 20.8. The first-order valence-corrected chi connectivity index (χ1v) is 10.6.